The second-order valence-electron chi connectivity index (χ2n) is 5.74. The third kappa shape index (κ3) is 4.26. The van der Waals surface area contributed by atoms with E-state index < -0.39 is 10.0 Å². The molecule has 0 aliphatic carbocycles. The van der Waals surface area contributed by atoms with Crippen LogP contribution in [0, 0.1) is 0 Å². The Morgan fingerprint density at radius 2 is 2.05 bits per heavy atom. The van der Waals surface area contributed by atoms with Crippen LogP contribution in [0.15, 0.2) is 29.2 Å². The zero-order chi connectivity index (χ0) is 15.5. The van der Waals surface area contributed by atoms with Crippen molar-refractivity contribution in [3.63, 3.8) is 0 Å². The van der Waals surface area contributed by atoms with Gasteiger partial charge in [0.25, 0.3) is 0 Å². The van der Waals surface area contributed by atoms with Crippen LogP contribution in [0.3, 0.4) is 0 Å². The lowest BCUT2D eigenvalue weighted by molar-refractivity contribution is 0.117. The zero-order valence-electron chi connectivity index (χ0n) is 12.8. The van der Waals surface area contributed by atoms with Crippen LogP contribution >= 0.6 is 0 Å². The van der Waals surface area contributed by atoms with E-state index in [1.165, 1.54) is 0 Å². The Hall–Kier alpha value is -0.950. The van der Waals surface area contributed by atoms with Gasteiger partial charge in [-0.15, -0.1) is 0 Å². The van der Waals surface area contributed by atoms with E-state index in [9.17, 15) is 8.42 Å². The highest BCUT2D eigenvalue weighted by molar-refractivity contribution is 7.89. The van der Waals surface area contributed by atoms with Crippen LogP contribution in [0.25, 0.3) is 0 Å². The number of ether oxygens (including phenoxy) is 1. The van der Waals surface area contributed by atoms with E-state index in [1.807, 2.05) is 32.9 Å². The summed E-state index contributed by atoms with van der Waals surface area (Å²) >= 11 is 0. The SMILES string of the molecule is CC(C)NCc1ccccc1S(=O)(=O)NC1CCOC1C. The summed E-state index contributed by atoms with van der Waals surface area (Å²) in [6.45, 7) is 7.10. The highest BCUT2D eigenvalue weighted by Crippen LogP contribution is 2.19. The first-order valence-electron chi connectivity index (χ1n) is 7.35. The molecule has 2 rings (SSSR count). The summed E-state index contributed by atoms with van der Waals surface area (Å²) in [6, 6.07) is 7.26. The lowest BCUT2D eigenvalue weighted by Gasteiger charge is -2.18. The topological polar surface area (TPSA) is 67.4 Å². The molecule has 6 heteroatoms. The molecule has 1 aromatic carbocycles. The van der Waals surface area contributed by atoms with Gasteiger partial charge in [-0.1, -0.05) is 32.0 Å². The van der Waals surface area contributed by atoms with Gasteiger partial charge in [0.15, 0.2) is 0 Å². The van der Waals surface area contributed by atoms with E-state index >= 15 is 0 Å². The average molecular weight is 312 g/mol. The summed E-state index contributed by atoms with van der Waals surface area (Å²) in [7, 11) is -3.53. The van der Waals surface area contributed by atoms with Crippen molar-refractivity contribution in [2.75, 3.05) is 6.61 Å². The van der Waals surface area contributed by atoms with Crippen molar-refractivity contribution < 1.29 is 13.2 Å². The molecule has 2 unspecified atom stereocenters. The van der Waals surface area contributed by atoms with E-state index in [0.29, 0.717) is 30.5 Å². The molecule has 0 spiro atoms. The number of benzene rings is 1. The van der Waals surface area contributed by atoms with Crippen molar-refractivity contribution in [3.8, 4) is 0 Å². The highest BCUT2D eigenvalue weighted by Gasteiger charge is 2.30. The van der Waals surface area contributed by atoms with Crippen molar-refractivity contribution in [2.24, 2.45) is 0 Å². The molecule has 1 saturated heterocycles. The Morgan fingerprint density at radius 1 is 1.33 bits per heavy atom. The molecule has 118 valence electrons. The largest absolute Gasteiger partial charge is 0.377 e. The summed E-state index contributed by atoms with van der Waals surface area (Å²) in [6.07, 6.45) is 0.632. The maximum atomic E-state index is 12.6. The fourth-order valence-electron chi connectivity index (χ4n) is 2.38. The molecular formula is C15H24N2O3S. The minimum absolute atomic E-state index is 0.0827. The third-order valence-electron chi connectivity index (χ3n) is 3.65. The van der Waals surface area contributed by atoms with Crippen molar-refractivity contribution in [2.45, 2.75) is 56.8 Å². The monoisotopic (exact) mass is 312 g/mol. The van der Waals surface area contributed by atoms with E-state index in [4.69, 9.17) is 4.74 Å². The maximum absolute atomic E-state index is 12.6. The molecule has 1 fully saturated rings. The van der Waals surface area contributed by atoms with Gasteiger partial charge in [-0.25, -0.2) is 13.1 Å². The molecule has 0 bridgehead atoms. The molecule has 0 amide bonds. The first-order valence-corrected chi connectivity index (χ1v) is 8.83. The quantitative estimate of drug-likeness (QED) is 0.838. The lowest BCUT2D eigenvalue weighted by atomic mass is 10.2. The summed E-state index contributed by atoms with van der Waals surface area (Å²) in [5.41, 5.74) is 0.783. The first-order chi connectivity index (χ1) is 9.90. The van der Waals surface area contributed by atoms with Gasteiger partial charge < -0.3 is 10.1 Å². The van der Waals surface area contributed by atoms with E-state index in [1.54, 1.807) is 12.1 Å². The minimum atomic E-state index is -3.53. The summed E-state index contributed by atoms with van der Waals surface area (Å²) in [5, 5.41) is 3.26. The Balaban J connectivity index is 2.19. The van der Waals surface area contributed by atoms with Crippen LogP contribution in [0.4, 0.5) is 0 Å². The molecule has 1 heterocycles. The highest BCUT2D eigenvalue weighted by atomic mass is 32.2. The van der Waals surface area contributed by atoms with E-state index in [0.717, 1.165) is 5.56 Å². The number of hydrogen-bond acceptors (Lipinski definition) is 4. The zero-order valence-corrected chi connectivity index (χ0v) is 13.6. The third-order valence-corrected chi connectivity index (χ3v) is 5.24. The fourth-order valence-corrected chi connectivity index (χ4v) is 3.95. The standard InChI is InChI=1S/C15H24N2O3S/c1-11(2)16-10-13-6-4-5-7-15(13)21(18,19)17-14-8-9-20-12(14)3/h4-7,11-12,14,16-17H,8-10H2,1-3H3. The first kappa shape index (κ1) is 16.4. The van der Waals surface area contributed by atoms with Gasteiger partial charge in [-0.05, 0) is 25.0 Å². The normalized spacial score (nSPS) is 22.9. The fraction of sp³-hybridized carbons (Fsp3) is 0.600. The van der Waals surface area contributed by atoms with Crippen LogP contribution in [0.5, 0.6) is 0 Å². The molecular weight excluding hydrogens is 288 g/mol. The van der Waals surface area contributed by atoms with Gasteiger partial charge in [0.2, 0.25) is 10.0 Å². The van der Waals surface area contributed by atoms with Gasteiger partial charge in [-0.3, -0.25) is 0 Å². The molecule has 2 N–H and O–H groups in total. The molecule has 0 radical (unpaired) electrons. The van der Waals surface area contributed by atoms with Crippen molar-refractivity contribution in [1.82, 2.24) is 10.0 Å². The second kappa shape index (κ2) is 6.87. The van der Waals surface area contributed by atoms with Crippen molar-refractivity contribution >= 4 is 10.0 Å². The van der Waals surface area contributed by atoms with Crippen LogP contribution in [0.2, 0.25) is 0 Å². The number of rotatable bonds is 6. The summed E-state index contributed by atoms with van der Waals surface area (Å²) in [5.74, 6) is 0. The number of sulfonamides is 1. The summed E-state index contributed by atoms with van der Waals surface area (Å²) in [4.78, 5) is 0.345. The Morgan fingerprint density at radius 3 is 2.67 bits per heavy atom. The molecule has 5 nitrogen and oxygen atoms in total. The number of hydrogen-bond donors (Lipinski definition) is 2. The van der Waals surface area contributed by atoms with Crippen molar-refractivity contribution in [1.29, 1.82) is 0 Å². The Kier molecular flexibility index (Phi) is 5.37. The average Bonchev–Trinajstić information content (AvgIpc) is 2.81. The van der Waals surface area contributed by atoms with E-state index in [2.05, 4.69) is 10.0 Å². The Bertz CT molecular complexity index is 572. The van der Waals surface area contributed by atoms with Gasteiger partial charge in [0.1, 0.15) is 0 Å². The summed E-state index contributed by atoms with van der Waals surface area (Å²) < 4.78 is 33.4. The molecule has 0 saturated carbocycles. The lowest BCUT2D eigenvalue weighted by Crippen LogP contribution is -2.39. The molecule has 0 aromatic heterocycles. The molecule has 1 aliphatic rings. The minimum Gasteiger partial charge on any atom is -0.377 e. The smallest absolute Gasteiger partial charge is 0.241 e. The molecule has 2 atom stereocenters. The van der Waals surface area contributed by atoms with Gasteiger partial charge in [0.05, 0.1) is 17.0 Å². The van der Waals surface area contributed by atoms with Crippen molar-refractivity contribution in [3.05, 3.63) is 29.8 Å². The van der Waals surface area contributed by atoms with Gasteiger partial charge in [-0.2, -0.15) is 0 Å². The number of nitrogens with one attached hydrogen (secondary N) is 2. The second-order valence-corrected chi connectivity index (χ2v) is 7.42. The predicted molar refractivity (Wildman–Crippen MR) is 82.6 cm³/mol. The molecule has 1 aromatic rings. The van der Waals surface area contributed by atoms with Gasteiger partial charge in [0, 0.05) is 19.2 Å². The predicted octanol–water partition coefficient (Wildman–Crippen LogP) is 1.64. The van der Waals surface area contributed by atoms with Crippen LogP contribution in [-0.4, -0.2) is 33.2 Å². The van der Waals surface area contributed by atoms with Crippen LogP contribution < -0.4 is 10.0 Å². The van der Waals surface area contributed by atoms with Crippen LogP contribution in [0.1, 0.15) is 32.8 Å². The van der Waals surface area contributed by atoms with E-state index in [-0.39, 0.29) is 12.1 Å². The molecule has 21 heavy (non-hydrogen) atoms. The van der Waals surface area contributed by atoms with Gasteiger partial charge >= 0.3 is 0 Å². The maximum Gasteiger partial charge on any atom is 0.241 e. The Labute approximate surface area is 127 Å². The van der Waals surface area contributed by atoms with Crippen LogP contribution in [-0.2, 0) is 21.3 Å². The molecule has 1 aliphatic heterocycles.